The monoisotopic (exact) mass is 291 g/mol. The van der Waals surface area contributed by atoms with Crippen molar-refractivity contribution in [2.75, 3.05) is 32.7 Å². The SMILES string of the molecule is COCC#CCNc1cc(C(=O)OC)ccc1OC(C)C. The molecule has 0 atom stereocenters. The normalized spacial score (nSPS) is 9.76. The van der Waals surface area contributed by atoms with Crippen molar-refractivity contribution < 1.29 is 19.0 Å². The van der Waals surface area contributed by atoms with E-state index in [2.05, 4.69) is 17.2 Å². The van der Waals surface area contributed by atoms with Gasteiger partial charge in [-0.05, 0) is 32.0 Å². The maximum Gasteiger partial charge on any atom is 0.337 e. The van der Waals surface area contributed by atoms with Crippen LogP contribution in [0.2, 0.25) is 0 Å². The standard InChI is InChI=1S/C16H21NO4/c1-12(2)21-15-8-7-13(16(18)20-4)11-14(15)17-9-5-6-10-19-3/h7-8,11-12,17H,9-10H2,1-4H3. The predicted molar refractivity (Wildman–Crippen MR) is 81.7 cm³/mol. The first kappa shape index (κ1) is 16.9. The smallest absolute Gasteiger partial charge is 0.337 e. The van der Waals surface area contributed by atoms with Crippen LogP contribution in [0.4, 0.5) is 5.69 Å². The minimum Gasteiger partial charge on any atom is -0.489 e. The molecule has 0 bridgehead atoms. The van der Waals surface area contributed by atoms with E-state index in [9.17, 15) is 4.79 Å². The second-order valence-electron chi connectivity index (χ2n) is 4.51. The first-order chi connectivity index (χ1) is 10.1. The number of esters is 1. The van der Waals surface area contributed by atoms with Gasteiger partial charge in [0.25, 0.3) is 0 Å². The van der Waals surface area contributed by atoms with Crippen LogP contribution in [-0.2, 0) is 9.47 Å². The van der Waals surface area contributed by atoms with Crippen molar-refractivity contribution in [3.63, 3.8) is 0 Å². The number of anilines is 1. The van der Waals surface area contributed by atoms with Gasteiger partial charge in [-0.15, -0.1) is 0 Å². The molecule has 1 aromatic carbocycles. The molecule has 0 saturated heterocycles. The fourth-order valence-electron chi connectivity index (χ4n) is 1.59. The van der Waals surface area contributed by atoms with Crippen LogP contribution in [0.1, 0.15) is 24.2 Å². The molecule has 1 aromatic rings. The number of ether oxygens (including phenoxy) is 3. The van der Waals surface area contributed by atoms with Crippen LogP contribution in [0.25, 0.3) is 0 Å². The van der Waals surface area contributed by atoms with E-state index in [1.165, 1.54) is 7.11 Å². The van der Waals surface area contributed by atoms with E-state index in [0.29, 0.717) is 30.2 Å². The maximum atomic E-state index is 11.6. The molecule has 0 spiro atoms. The molecule has 0 fully saturated rings. The summed E-state index contributed by atoms with van der Waals surface area (Å²) in [6, 6.07) is 5.12. The highest BCUT2D eigenvalue weighted by atomic mass is 16.5. The summed E-state index contributed by atoms with van der Waals surface area (Å²) in [5.74, 6) is 6.05. The van der Waals surface area contributed by atoms with Crippen molar-refractivity contribution in [1.29, 1.82) is 0 Å². The van der Waals surface area contributed by atoms with Gasteiger partial charge in [-0.2, -0.15) is 0 Å². The number of methoxy groups -OCH3 is 2. The molecule has 0 radical (unpaired) electrons. The van der Waals surface area contributed by atoms with Crippen LogP contribution in [0, 0.1) is 11.8 Å². The highest BCUT2D eigenvalue weighted by Gasteiger charge is 2.11. The highest BCUT2D eigenvalue weighted by Crippen LogP contribution is 2.27. The summed E-state index contributed by atoms with van der Waals surface area (Å²) in [5, 5.41) is 3.13. The average molecular weight is 291 g/mol. The second-order valence-corrected chi connectivity index (χ2v) is 4.51. The van der Waals surface area contributed by atoms with Crippen LogP contribution >= 0.6 is 0 Å². The second kappa shape index (κ2) is 8.88. The molecule has 0 aliphatic carbocycles. The third-order valence-electron chi connectivity index (χ3n) is 2.47. The van der Waals surface area contributed by atoms with Gasteiger partial charge in [-0.1, -0.05) is 11.8 Å². The zero-order chi connectivity index (χ0) is 15.7. The van der Waals surface area contributed by atoms with E-state index in [-0.39, 0.29) is 12.1 Å². The van der Waals surface area contributed by atoms with E-state index in [1.54, 1.807) is 25.3 Å². The third kappa shape index (κ3) is 5.76. The van der Waals surface area contributed by atoms with Gasteiger partial charge in [0.2, 0.25) is 0 Å². The summed E-state index contributed by atoms with van der Waals surface area (Å²) < 4.78 is 15.3. The van der Waals surface area contributed by atoms with Crippen molar-refractivity contribution in [2.45, 2.75) is 20.0 Å². The Morgan fingerprint density at radius 1 is 1.29 bits per heavy atom. The van der Waals surface area contributed by atoms with E-state index in [0.717, 1.165) is 0 Å². The predicted octanol–water partition coefficient (Wildman–Crippen LogP) is 2.32. The Kier molecular flexibility index (Phi) is 7.13. The summed E-state index contributed by atoms with van der Waals surface area (Å²) in [6.45, 7) is 4.70. The molecule has 0 aromatic heterocycles. The number of rotatable bonds is 6. The average Bonchev–Trinajstić information content (AvgIpc) is 2.47. The summed E-state index contributed by atoms with van der Waals surface area (Å²) in [7, 11) is 2.95. The first-order valence-corrected chi connectivity index (χ1v) is 6.66. The molecular formula is C16H21NO4. The van der Waals surface area contributed by atoms with Gasteiger partial charge in [0.15, 0.2) is 0 Å². The molecule has 0 aliphatic heterocycles. The van der Waals surface area contributed by atoms with Gasteiger partial charge < -0.3 is 19.5 Å². The first-order valence-electron chi connectivity index (χ1n) is 6.66. The number of hydrogen-bond acceptors (Lipinski definition) is 5. The third-order valence-corrected chi connectivity index (χ3v) is 2.47. The van der Waals surface area contributed by atoms with Crippen LogP contribution < -0.4 is 10.1 Å². The number of hydrogen-bond donors (Lipinski definition) is 1. The molecule has 1 rings (SSSR count). The van der Waals surface area contributed by atoms with E-state index in [4.69, 9.17) is 14.2 Å². The summed E-state index contributed by atoms with van der Waals surface area (Å²) >= 11 is 0. The van der Waals surface area contributed by atoms with Gasteiger partial charge in [-0.3, -0.25) is 0 Å². The Labute approximate surface area is 125 Å². The molecule has 0 unspecified atom stereocenters. The van der Waals surface area contributed by atoms with E-state index < -0.39 is 0 Å². The topological polar surface area (TPSA) is 56.8 Å². The minimum absolute atomic E-state index is 0.0362. The van der Waals surface area contributed by atoms with Gasteiger partial charge in [-0.25, -0.2) is 4.79 Å². The van der Waals surface area contributed by atoms with Gasteiger partial charge in [0.05, 0.1) is 31.0 Å². The minimum atomic E-state index is -0.389. The van der Waals surface area contributed by atoms with Crippen LogP contribution in [0.15, 0.2) is 18.2 Å². The lowest BCUT2D eigenvalue weighted by atomic mass is 10.2. The van der Waals surface area contributed by atoms with Crippen LogP contribution in [0.5, 0.6) is 5.75 Å². The number of benzene rings is 1. The fourth-order valence-corrected chi connectivity index (χ4v) is 1.59. The molecule has 0 aliphatic rings. The number of carbonyl (C=O) groups is 1. The maximum absolute atomic E-state index is 11.6. The van der Waals surface area contributed by atoms with Crippen molar-refractivity contribution in [2.24, 2.45) is 0 Å². The molecule has 0 amide bonds. The van der Waals surface area contributed by atoms with Crippen molar-refractivity contribution >= 4 is 11.7 Å². The Bertz CT molecular complexity index is 529. The lowest BCUT2D eigenvalue weighted by Crippen LogP contribution is -2.10. The molecule has 0 saturated carbocycles. The summed E-state index contributed by atoms with van der Waals surface area (Å²) in [4.78, 5) is 11.6. The van der Waals surface area contributed by atoms with Gasteiger partial charge in [0.1, 0.15) is 12.4 Å². The zero-order valence-corrected chi connectivity index (χ0v) is 12.9. The van der Waals surface area contributed by atoms with E-state index >= 15 is 0 Å². The molecule has 114 valence electrons. The van der Waals surface area contributed by atoms with Crippen molar-refractivity contribution in [3.05, 3.63) is 23.8 Å². The molecule has 21 heavy (non-hydrogen) atoms. The van der Waals surface area contributed by atoms with Crippen LogP contribution in [-0.4, -0.2) is 39.4 Å². The van der Waals surface area contributed by atoms with E-state index in [1.807, 2.05) is 13.8 Å². The Morgan fingerprint density at radius 2 is 2.05 bits per heavy atom. The van der Waals surface area contributed by atoms with Crippen molar-refractivity contribution in [3.8, 4) is 17.6 Å². The Balaban J connectivity index is 2.89. The quantitative estimate of drug-likeness (QED) is 0.644. The number of carbonyl (C=O) groups excluding carboxylic acids is 1. The Morgan fingerprint density at radius 3 is 2.67 bits per heavy atom. The highest BCUT2D eigenvalue weighted by molar-refractivity contribution is 5.91. The number of nitrogens with one attached hydrogen (secondary N) is 1. The summed E-state index contributed by atoms with van der Waals surface area (Å²) in [6.07, 6.45) is 0.0362. The molecule has 5 heteroatoms. The lowest BCUT2D eigenvalue weighted by Gasteiger charge is -2.15. The summed E-state index contributed by atoms with van der Waals surface area (Å²) in [5.41, 5.74) is 1.17. The fraction of sp³-hybridized carbons (Fsp3) is 0.438. The van der Waals surface area contributed by atoms with Crippen LogP contribution in [0.3, 0.4) is 0 Å². The van der Waals surface area contributed by atoms with Gasteiger partial charge >= 0.3 is 5.97 Å². The zero-order valence-electron chi connectivity index (χ0n) is 12.9. The van der Waals surface area contributed by atoms with Gasteiger partial charge in [0, 0.05) is 7.11 Å². The Hall–Kier alpha value is -2.19. The molecule has 1 N–H and O–H groups in total. The molecular weight excluding hydrogens is 270 g/mol. The largest absolute Gasteiger partial charge is 0.489 e. The molecule has 5 nitrogen and oxygen atoms in total. The lowest BCUT2D eigenvalue weighted by molar-refractivity contribution is 0.0601. The van der Waals surface area contributed by atoms with Crippen molar-refractivity contribution in [1.82, 2.24) is 0 Å². The molecule has 0 heterocycles.